The van der Waals surface area contributed by atoms with Gasteiger partial charge < -0.3 is 5.11 Å². The highest BCUT2D eigenvalue weighted by Crippen LogP contribution is 2.29. The zero-order chi connectivity index (χ0) is 13.1. The summed E-state index contributed by atoms with van der Waals surface area (Å²) in [5.74, 6) is -0.222. The molecule has 1 atom stereocenters. The van der Waals surface area contributed by atoms with Crippen molar-refractivity contribution in [1.29, 1.82) is 0 Å². The van der Waals surface area contributed by atoms with Gasteiger partial charge in [0.25, 0.3) is 0 Å². The molecule has 3 heteroatoms. The van der Waals surface area contributed by atoms with Crippen LogP contribution in [-0.4, -0.2) is 11.2 Å². The molecule has 0 aliphatic heterocycles. The number of halogens is 1. The maximum Gasteiger partial charge on any atom is 0.123 e. The quantitative estimate of drug-likeness (QED) is 0.872. The van der Waals surface area contributed by atoms with Gasteiger partial charge in [0.1, 0.15) is 5.82 Å². The van der Waals surface area contributed by atoms with Crippen LogP contribution in [0.15, 0.2) is 42.0 Å². The van der Waals surface area contributed by atoms with E-state index in [1.165, 1.54) is 12.1 Å². The van der Waals surface area contributed by atoms with Gasteiger partial charge in [-0.05, 0) is 55.3 Å². The Morgan fingerprint density at radius 3 is 2.50 bits per heavy atom. The lowest BCUT2D eigenvalue weighted by Gasteiger charge is -2.02. The van der Waals surface area contributed by atoms with Crippen molar-refractivity contribution >= 4 is 17.4 Å². The first kappa shape index (κ1) is 13.0. The summed E-state index contributed by atoms with van der Waals surface area (Å²) in [6, 6.07) is 10.5. The average molecular weight is 262 g/mol. The highest BCUT2D eigenvalue weighted by molar-refractivity contribution is 7.16. The molecule has 0 spiro atoms. The lowest BCUT2D eigenvalue weighted by atomic mass is 10.1. The van der Waals surface area contributed by atoms with E-state index in [0.717, 1.165) is 20.9 Å². The van der Waals surface area contributed by atoms with Crippen LogP contribution in [0.4, 0.5) is 4.39 Å². The maximum absolute atomic E-state index is 12.8. The molecule has 2 rings (SSSR count). The van der Waals surface area contributed by atoms with Crippen LogP contribution in [0.2, 0.25) is 0 Å². The molecule has 0 fully saturated rings. The third-order valence-electron chi connectivity index (χ3n) is 2.78. The van der Waals surface area contributed by atoms with Crippen LogP contribution in [0.3, 0.4) is 0 Å². The summed E-state index contributed by atoms with van der Waals surface area (Å²) in [7, 11) is 0. The van der Waals surface area contributed by atoms with E-state index in [1.54, 1.807) is 30.4 Å². The number of aliphatic hydroxyl groups is 1. The minimum atomic E-state index is -0.429. The molecule has 18 heavy (non-hydrogen) atoms. The Balaban J connectivity index is 2.25. The fourth-order valence-electron chi connectivity index (χ4n) is 1.54. The van der Waals surface area contributed by atoms with E-state index >= 15 is 0 Å². The molecule has 1 N–H and O–H groups in total. The summed E-state index contributed by atoms with van der Waals surface area (Å²) in [5.41, 5.74) is 1.94. The van der Waals surface area contributed by atoms with Gasteiger partial charge in [0.05, 0.1) is 6.10 Å². The summed E-state index contributed by atoms with van der Waals surface area (Å²) in [6.45, 7) is 3.66. The second kappa shape index (κ2) is 5.46. The molecule has 0 amide bonds. The lowest BCUT2D eigenvalue weighted by Crippen LogP contribution is -1.99. The number of hydrogen-bond donors (Lipinski definition) is 1. The first-order valence-corrected chi connectivity index (χ1v) is 6.60. The molecule has 0 aliphatic carbocycles. The van der Waals surface area contributed by atoms with Crippen molar-refractivity contribution in [2.24, 2.45) is 0 Å². The Kier molecular flexibility index (Phi) is 3.94. The van der Waals surface area contributed by atoms with Gasteiger partial charge in [-0.2, -0.15) is 0 Å². The number of aliphatic hydroxyl groups excluding tert-OH is 1. The van der Waals surface area contributed by atoms with Crippen LogP contribution in [0.1, 0.15) is 18.7 Å². The highest BCUT2D eigenvalue weighted by Gasteiger charge is 2.03. The Hall–Kier alpha value is -1.45. The Morgan fingerprint density at radius 1 is 1.22 bits per heavy atom. The summed E-state index contributed by atoms with van der Waals surface area (Å²) in [5, 5.41) is 9.43. The van der Waals surface area contributed by atoms with Gasteiger partial charge in [-0.15, -0.1) is 11.3 Å². The van der Waals surface area contributed by atoms with Crippen molar-refractivity contribution in [2.45, 2.75) is 20.0 Å². The minimum Gasteiger partial charge on any atom is -0.389 e. The van der Waals surface area contributed by atoms with Gasteiger partial charge in [0.2, 0.25) is 0 Å². The van der Waals surface area contributed by atoms with Gasteiger partial charge in [0, 0.05) is 9.75 Å². The predicted octanol–water partition coefficient (Wildman–Crippen LogP) is 4.34. The third-order valence-corrected chi connectivity index (χ3v) is 3.87. The maximum atomic E-state index is 12.8. The monoisotopic (exact) mass is 262 g/mol. The van der Waals surface area contributed by atoms with Gasteiger partial charge >= 0.3 is 0 Å². The molecule has 0 saturated carbocycles. The predicted molar refractivity (Wildman–Crippen MR) is 75.0 cm³/mol. The molecule has 1 aromatic carbocycles. The van der Waals surface area contributed by atoms with Crippen molar-refractivity contribution < 1.29 is 9.50 Å². The highest BCUT2D eigenvalue weighted by atomic mass is 32.1. The molecule has 0 radical (unpaired) electrons. The summed E-state index contributed by atoms with van der Waals surface area (Å²) in [4.78, 5) is 2.19. The first-order chi connectivity index (χ1) is 8.56. The largest absolute Gasteiger partial charge is 0.389 e. The smallest absolute Gasteiger partial charge is 0.123 e. The van der Waals surface area contributed by atoms with Crippen LogP contribution in [0, 0.1) is 5.82 Å². The fourth-order valence-corrected chi connectivity index (χ4v) is 2.57. The van der Waals surface area contributed by atoms with E-state index in [-0.39, 0.29) is 5.82 Å². The second-order valence-electron chi connectivity index (χ2n) is 4.27. The fraction of sp³-hybridized carbons (Fsp3) is 0.200. The van der Waals surface area contributed by atoms with Crippen molar-refractivity contribution in [3.05, 3.63) is 52.7 Å². The van der Waals surface area contributed by atoms with E-state index in [1.807, 2.05) is 25.1 Å². The average Bonchev–Trinajstić information content (AvgIpc) is 2.78. The van der Waals surface area contributed by atoms with Crippen LogP contribution >= 0.6 is 11.3 Å². The third kappa shape index (κ3) is 3.06. The van der Waals surface area contributed by atoms with E-state index < -0.39 is 6.10 Å². The lowest BCUT2D eigenvalue weighted by molar-refractivity contribution is 0.232. The number of thiophene rings is 1. The van der Waals surface area contributed by atoms with Crippen molar-refractivity contribution in [1.82, 2.24) is 0 Å². The zero-order valence-electron chi connectivity index (χ0n) is 10.4. The Bertz CT molecular complexity index is 552. The first-order valence-electron chi connectivity index (χ1n) is 5.78. The molecule has 0 aliphatic rings. The van der Waals surface area contributed by atoms with E-state index in [2.05, 4.69) is 0 Å². The van der Waals surface area contributed by atoms with Crippen molar-refractivity contribution in [2.75, 3.05) is 0 Å². The van der Waals surface area contributed by atoms with Crippen molar-refractivity contribution in [3.63, 3.8) is 0 Å². The van der Waals surface area contributed by atoms with E-state index in [0.29, 0.717) is 0 Å². The van der Waals surface area contributed by atoms with Crippen LogP contribution < -0.4 is 0 Å². The molecule has 1 unspecified atom stereocenters. The summed E-state index contributed by atoms with van der Waals surface area (Å²) in [6.07, 6.45) is 1.55. The second-order valence-corrected chi connectivity index (χ2v) is 5.39. The molecule has 0 bridgehead atoms. The van der Waals surface area contributed by atoms with E-state index in [4.69, 9.17) is 0 Å². The minimum absolute atomic E-state index is 0.222. The van der Waals surface area contributed by atoms with E-state index in [9.17, 15) is 9.50 Å². The van der Waals surface area contributed by atoms with Gasteiger partial charge in [0.15, 0.2) is 0 Å². The molecule has 94 valence electrons. The zero-order valence-corrected chi connectivity index (χ0v) is 11.2. The van der Waals surface area contributed by atoms with Crippen molar-refractivity contribution in [3.8, 4) is 10.4 Å². The summed E-state index contributed by atoms with van der Waals surface area (Å²) >= 11 is 1.63. The molecular formula is C15H15FOS. The van der Waals surface area contributed by atoms with Gasteiger partial charge in [-0.1, -0.05) is 12.1 Å². The topological polar surface area (TPSA) is 20.2 Å². The number of rotatable bonds is 3. The molecule has 2 aromatic rings. The Labute approximate surface area is 110 Å². The normalized spacial score (nSPS) is 13.7. The SMILES string of the molecule is C/C(=C\c1ccc(-c2ccc(F)cc2)s1)C(C)O. The Morgan fingerprint density at radius 2 is 1.89 bits per heavy atom. The van der Waals surface area contributed by atoms with Crippen LogP contribution in [0.5, 0.6) is 0 Å². The molecule has 1 aromatic heterocycles. The van der Waals surface area contributed by atoms with Crippen LogP contribution in [-0.2, 0) is 0 Å². The molecule has 1 nitrogen and oxygen atoms in total. The van der Waals surface area contributed by atoms with Crippen LogP contribution in [0.25, 0.3) is 16.5 Å². The molecule has 0 saturated heterocycles. The standard InChI is InChI=1S/C15H15FOS/c1-10(11(2)17)9-14-7-8-15(18-14)12-3-5-13(16)6-4-12/h3-9,11,17H,1-2H3/b10-9+. The van der Waals surface area contributed by atoms with Gasteiger partial charge in [-0.25, -0.2) is 4.39 Å². The van der Waals surface area contributed by atoms with Gasteiger partial charge in [-0.3, -0.25) is 0 Å². The number of hydrogen-bond acceptors (Lipinski definition) is 2. The summed E-state index contributed by atoms with van der Waals surface area (Å²) < 4.78 is 12.8. The molecule has 1 heterocycles. The number of benzene rings is 1. The molecular weight excluding hydrogens is 247 g/mol.